The first kappa shape index (κ1) is 8.30. The van der Waals surface area contributed by atoms with Crippen LogP contribution in [-0.4, -0.2) is 18.0 Å². The van der Waals surface area contributed by atoms with Gasteiger partial charge in [0, 0.05) is 6.42 Å². The summed E-state index contributed by atoms with van der Waals surface area (Å²) in [6, 6.07) is 0. The zero-order valence-corrected chi connectivity index (χ0v) is 5.85. The smallest absolute Gasteiger partial charge is 0.296 e. The molecule has 0 amide bonds. The molecule has 2 nitrogen and oxygen atoms in total. The van der Waals surface area contributed by atoms with Crippen LogP contribution in [0.25, 0.3) is 0 Å². The van der Waals surface area contributed by atoms with Crippen LogP contribution < -0.4 is 0 Å². The molecular formula is C7H8F2O2. The number of Topliss-reactive ketones (excluding diaryl/α,β-unsaturated/α-hetero) is 2. The van der Waals surface area contributed by atoms with E-state index in [-0.39, 0.29) is 12.2 Å². The van der Waals surface area contributed by atoms with Crippen LogP contribution in [0.3, 0.4) is 0 Å². The molecule has 0 aliphatic heterocycles. The molecule has 0 unspecified atom stereocenters. The summed E-state index contributed by atoms with van der Waals surface area (Å²) in [6.07, 6.45) is -1.82. The van der Waals surface area contributed by atoms with Crippen LogP contribution in [0.5, 0.6) is 0 Å². The van der Waals surface area contributed by atoms with E-state index in [0.29, 0.717) is 12.8 Å². The highest BCUT2D eigenvalue weighted by Crippen LogP contribution is 2.24. The molecule has 1 aliphatic rings. The van der Waals surface area contributed by atoms with E-state index in [1.54, 1.807) is 0 Å². The normalized spacial score (nSPS) is 24.6. The lowest BCUT2D eigenvalue weighted by molar-refractivity contribution is -0.138. The Hall–Kier alpha value is -0.800. The van der Waals surface area contributed by atoms with Gasteiger partial charge in [0.25, 0.3) is 6.43 Å². The lowest BCUT2D eigenvalue weighted by atomic mass is 10.0. The van der Waals surface area contributed by atoms with E-state index in [9.17, 15) is 18.4 Å². The van der Waals surface area contributed by atoms with E-state index in [2.05, 4.69) is 0 Å². The summed E-state index contributed by atoms with van der Waals surface area (Å²) in [4.78, 5) is 21.4. The number of ketones is 2. The molecule has 0 saturated heterocycles. The summed E-state index contributed by atoms with van der Waals surface area (Å²) in [5, 5.41) is 0. The van der Waals surface area contributed by atoms with Crippen molar-refractivity contribution >= 4 is 11.6 Å². The highest BCUT2D eigenvalue weighted by atomic mass is 19.3. The molecule has 0 N–H and O–H groups in total. The van der Waals surface area contributed by atoms with Crippen LogP contribution in [0, 0.1) is 5.92 Å². The fourth-order valence-corrected chi connectivity index (χ4v) is 1.27. The Bertz CT molecular complexity index is 189. The average molecular weight is 162 g/mol. The molecule has 1 aliphatic carbocycles. The maximum absolute atomic E-state index is 11.8. The van der Waals surface area contributed by atoms with Crippen molar-refractivity contribution in [2.24, 2.45) is 5.92 Å². The maximum Gasteiger partial charge on any atom is 0.296 e. The first-order chi connectivity index (χ1) is 5.13. The van der Waals surface area contributed by atoms with Gasteiger partial charge in [-0.1, -0.05) is 0 Å². The average Bonchev–Trinajstić information content (AvgIpc) is 2.33. The van der Waals surface area contributed by atoms with Gasteiger partial charge in [0.05, 0.1) is 5.92 Å². The van der Waals surface area contributed by atoms with Gasteiger partial charge in [-0.2, -0.15) is 0 Å². The van der Waals surface area contributed by atoms with E-state index in [1.807, 2.05) is 0 Å². The van der Waals surface area contributed by atoms with E-state index in [4.69, 9.17) is 0 Å². The summed E-state index contributed by atoms with van der Waals surface area (Å²) in [5.41, 5.74) is 0. The molecule has 0 bridgehead atoms. The van der Waals surface area contributed by atoms with Crippen LogP contribution in [0.15, 0.2) is 0 Å². The van der Waals surface area contributed by atoms with Crippen LogP contribution in [0.1, 0.15) is 19.3 Å². The predicted octanol–water partition coefficient (Wildman–Crippen LogP) is 1.19. The Morgan fingerprint density at radius 1 is 1.55 bits per heavy atom. The first-order valence-corrected chi connectivity index (χ1v) is 3.47. The second-order valence-electron chi connectivity index (χ2n) is 2.61. The number of halogens is 2. The molecule has 0 aromatic carbocycles. The molecule has 0 aromatic rings. The van der Waals surface area contributed by atoms with E-state index >= 15 is 0 Å². The fourth-order valence-electron chi connectivity index (χ4n) is 1.27. The van der Waals surface area contributed by atoms with Crippen molar-refractivity contribution in [1.29, 1.82) is 0 Å². The highest BCUT2D eigenvalue weighted by Gasteiger charge is 2.35. The molecule has 0 spiro atoms. The number of hydrogen-bond acceptors (Lipinski definition) is 2. The van der Waals surface area contributed by atoms with E-state index < -0.39 is 18.1 Å². The Morgan fingerprint density at radius 2 is 2.18 bits per heavy atom. The minimum Gasteiger partial charge on any atom is -0.299 e. The first-order valence-electron chi connectivity index (χ1n) is 3.47. The summed E-state index contributed by atoms with van der Waals surface area (Å²) < 4.78 is 23.5. The molecule has 0 aromatic heterocycles. The van der Waals surface area contributed by atoms with Gasteiger partial charge >= 0.3 is 0 Å². The molecule has 1 atom stereocenters. The third kappa shape index (κ3) is 1.61. The zero-order chi connectivity index (χ0) is 8.43. The summed E-state index contributed by atoms with van der Waals surface area (Å²) >= 11 is 0. The summed E-state index contributed by atoms with van der Waals surface area (Å²) in [6.45, 7) is 0. The Morgan fingerprint density at radius 3 is 2.55 bits per heavy atom. The summed E-state index contributed by atoms with van der Waals surface area (Å²) in [5.74, 6) is -2.53. The lowest BCUT2D eigenvalue weighted by Gasteiger charge is -2.03. The van der Waals surface area contributed by atoms with Gasteiger partial charge in [0.1, 0.15) is 5.78 Å². The second-order valence-corrected chi connectivity index (χ2v) is 2.61. The zero-order valence-electron chi connectivity index (χ0n) is 5.85. The molecule has 1 rings (SSSR count). The second kappa shape index (κ2) is 3.07. The molecule has 0 radical (unpaired) electrons. The summed E-state index contributed by atoms with van der Waals surface area (Å²) in [7, 11) is 0. The molecule has 11 heavy (non-hydrogen) atoms. The van der Waals surface area contributed by atoms with E-state index in [1.165, 1.54) is 0 Å². The van der Waals surface area contributed by atoms with Crippen LogP contribution in [-0.2, 0) is 9.59 Å². The molecule has 0 heterocycles. The van der Waals surface area contributed by atoms with Crippen molar-refractivity contribution in [3.05, 3.63) is 0 Å². The number of carbonyl (C=O) groups excluding carboxylic acids is 2. The molecular weight excluding hydrogens is 154 g/mol. The number of alkyl halides is 2. The number of hydrogen-bond donors (Lipinski definition) is 0. The molecule has 1 saturated carbocycles. The third-order valence-corrected chi connectivity index (χ3v) is 1.86. The maximum atomic E-state index is 11.8. The van der Waals surface area contributed by atoms with Crippen molar-refractivity contribution in [2.45, 2.75) is 25.7 Å². The Balaban J connectivity index is 2.60. The van der Waals surface area contributed by atoms with E-state index in [0.717, 1.165) is 0 Å². The van der Waals surface area contributed by atoms with Crippen molar-refractivity contribution in [1.82, 2.24) is 0 Å². The van der Waals surface area contributed by atoms with Gasteiger partial charge in [-0.25, -0.2) is 8.78 Å². The minimum atomic E-state index is -2.98. The van der Waals surface area contributed by atoms with Crippen LogP contribution in [0.4, 0.5) is 8.78 Å². The molecule has 62 valence electrons. The van der Waals surface area contributed by atoms with Crippen molar-refractivity contribution in [3.63, 3.8) is 0 Å². The largest absolute Gasteiger partial charge is 0.299 e. The standard InChI is InChI=1S/C7H8F2O2/c8-7(9)6(11)4-2-1-3-5(4)10/h4,7H,1-3H2/t4-/m1/s1. The number of carbonyl (C=O) groups is 2. The van der Waals surface area contributed by atoms with Crippen LogP contribution >= 0.6 is 0 Å². The van der Waals surface area contributed by atoms with Crippen molar-refractivity contribution in [2.75, 3.05) is 0 Å². The van der Waals surface area contributed by atoms with Gasteiger partial charge in [0.2, 0.25) is 5.78 Å². The van der Waals surface area contributed by atoms with Crippen molar-refractivity contribution < 1.29 is 18.4 Å². The Kier molecular flexibility index (Phi) is 2.31. The molecule has 1 fully saturated rings. The minimum absolute atomic E-state index is 0.281. The van der Waals surface area contributed by atoms with Gasteiger partial charge in [-0.3, -0.25) is 9.59 Å². The van der Waals surface area contributed by atoms with Gasteiger partial charge < -0.3 is 0 Å². The Labute approximate surface area is 62.6 Å². The topological polar surface area (TPSA) is 34.1 Å². The van der Waals surface area contributed by atoms with Crippen molar-refractivity contribution in [3.8, 4) is 0 Å². The van der Waals surface area contributed by atoms with Gasteiger partial charge in [-0.05, 0) is 12.8 Å². The van der Waals surface area contributed by atoms with Crippen LogP contribution in [0.2, 0.25) is 0 Å². The SMILES string of the molecule is O=C1CCC[C@H]1C(=O)C(F)F. The lowest BCUT2D eigenvalue weighted by Crippen LogP contribution is -2.24. The molecule has 4 heteroatoms. The van der Waals surface area contributed by atoms with Gasteiger partial charge in [-0.15, -0.1) is 0 Å². The monoisotopic (exact) mass is 162 g/mol. The number of rotatable bonds is 2. The van der Waals surface area contributed by atoms with Gasteiger partial charge in [0.15, 0.2) is 0 Å². The fraction of sp³-hybridized carbons (Fsp3) is 0.714. The third-order valence-electron chi connectivity index (χ3n) is 1.86. The highest BCUT2D eigenvalue weighted by molar-refractivity contribution is 6.04. The quantitative estimate of drug-likeness (QED) is 0.571. The predicted molar refractivity (Wildman–Crippen MR) is 33.4 cm³/mol.